The van der Waals surface area contributed by atoms with E-state index in [0.717, 1.165) is 0 Å². The summed E-state index contributed by atoms with van der Waals surface area (Å²) in [6, 6.07) is 1.31. The summed E-state index contributed by atoms with van der Waals surface area (Å²) < 4.78 is 0.678. The van der Waals surface area contributed by atoms with Gasteiger partial charge in [0.15, 0.2) is 0 Å². The lowest BCUT2D eigenvalue weighted by Crippen LogP contribution is -2.35. The van der Waals surface area contributed by atoms with Crippen LogP contribution < -0.4 is 11.1 Å². The molecule has 3 N–H and O–H groups in total. The quantitative estimate of drug-likeness (QED) is 0.808. The highest BCUT2D eigenvalue weighted by Crippen LogP contribution is 2.13. The zero-order valence-electron chi connectivity index (χ0n) is 8.62. The van der Waals surface area contributed by atoms with Gasteiger partial charge in [-0.1, -0.05) is 6.92 Å². The second-order valence-corrected chi connectivity index (χ2v) is 3.94. The number of carbonyl (C=O) groups excluding carboxylic acids is 1. The van der Waals surface area contributed by atoms with Gasteiger partial charge in [-0.25, -0.2) is 9.97 Å². The Morgan fingerprint density at radius 2 is 2.33 bits per heavy atom. The van der Waals surface area contributed by atoms with Crippen LogP contribution in [0, 0.1) is 6.92 Å². The van der Waals surface area contributed by atoms with Crippen molar-refractivity contribution in [1.82, 2.24) is 9.97 Å². The molecule has 0 aromatic carbocycles. The molecular weight excluding hydrogens is 260 g/mol. The molecule has 0 aliphatic carbocycles. The van der Waals surface area contributed by atoms with Gasteiger partial charge in [-0.2, -0.15) is 0 Å². The van der Waals surface area contributed by atoms with Gasteiger partial charge in [-0.15, -0.1) is 0 Å². The molecule has 1 unspecified atom stereocenters. The minimum Gasteiger partial charge on any atom is -0.368 e. The van der Waals surface area contributed by atoms with Crippen molar-refractivity contribution in [3.8, 4) is 0 Å². The van der Waals surface area contributed by atoms with Crippen molar-refractivity contribution in [1.29, 1.82) is 0 Å². The standard InChI is InChI=1S/C9H13BrN4O/c1-3-6(9(11)15)14-8-4-7(10)12-5(2)13-8/h4,6H,3H2,1-2H3,(H2,11,15)(H,12,13,14). The van der Waals surface area contributed by atoms with Crippen LogP contribution in [-0.2, 0) is 4.79 Å². The van der Waals surface area contributed by atoms with Crippen LogP contribution in [-0.4, -0.2) is 21.9 Å². The number of carbonyl (C=O) groups is 1. The number of anilines is 1. The molecule has 0 bridgehead atoms. The number of nitrogens with two attached hydrogens (primary N) is 1. The molecule has 0 saturated carbocycles. The molecular formula is C9H13BrN4O. The van der Waals surface area contributed by atoms with E-state index in [1.165, 1.54) is 0 Å². The zero-order chi connectivity index (χ0) is 11.4. The van der Waals surface area contributed by atoms with Crippen LogP contribution in [0.4, 0.5) is 5.82 Å². The average Bonchev–Trinajstić information content (AvgIpc) is 2.12. The fourth-order valence-corrected chi connectivity index (χ4v) is 1.63. The maximum absolute atomic E-state index is 11.0. The summed E-state index contributed by atoms with van der Waals surface area (Å²) in [4.78, 5) is 19.2. The lowest BCUT2D eigenvalue weighted by molar-refractivity contribution is -0.118. The van der Waals surface area contributed by atoms with Gasteiger partial charge in [0.2, 0.25) is 5.91 Å². The molecule has 1 atom stereocenters. The molecule has 0 fully saturated rings. The van der Waals surface area contributed by atoms with Crippen molar-refractivity contribution < 1.29 is 4.79 Å². The molecule has 15 heavy (non-hydrogen) atoms. The summed E-state index contributed by atoms with van der Waals surface area (Å²) in [5.74, 6) is 0.844. The van der Waals surface area contributed by atoms with Crippen LogP contribution >= 0.6 is 15.9 Å². The van der Waals surface area contributed by atoms with Crippen molar-refractivity contribution in [2.75, 3.05) is 5.32 Å². The average molecular weight is 273 g/mol. The van der Waals surface area contributed by atoms with E-state index < -0.39 is 6.04 Å². The van der Waals surface area contributed by atoms with Gasteiger partial charge in [-0.05, 0) is 29.3 Å². The second-order valence-electron chi connectivity index (χ2n) is 3.13. The molecule has 1 aromatic rings. The van der Waals surface area contributed by atoms with E-state index in [9.17, 15) is 4.79 Å². The highest BCUT2D eigenvalue weighted by Gasteiger charge is 2.13. The van der Waals surface area contributed by atoms with Crippen LogP contribution in [0.1, 0.15) is 19.2 Å². The number of aryl methyl sites for hydroxylation is 1. The summed E-state index contributed by atoms with van der Waals surface area (Å²) in [5, 5.41) is 2.95. The van der Waals surface area contributed by atoms with Crippen molar-refractivity contribution in [2.24, 2.45) is 5.73 Å². The van der Waals surface area contributed by atoms with Crippen LogP contribution in [0.3, 0.4) is 0 Å². The molecule has 0 spiro atoms. The third-order valence-corrected chi connectivity index (χ3v) is 2.29. The Kier molecular flexibility index (Phi) is 4.02. The van der Waals surface area contributed by atoms with Crippen LogP contribution in [0.5, 0.6) is 0 Å². The molecule has 1 heterocycles. The van der Waals surface area contributed by atoms with Crippen molar-refractivity contribution in [3.63, 3.8) is 0 Å². The number of halogens is 1. The lowest BCUT2D eigenvalue weighted by atomic mass is 10.2. The summed E-state index contributed by atoms with van der Waals surface area (Å²) in [6.45, 7) is 3.66. The second kappa shape index (κ2) is 5.06. The predicted molar refractivity (Wildman–Crippen MR) is 61.4 cm³/mol. The molecule has 0 aliphatic rings. The predicted octanol–water partition coefficient (Wildman–Crippen LogP) is 1.22. The molecule has 82 valence electrons. The van der Waals surface area contributed by atoms with Gasteiger partial charge >= 0.3 is 0 Å². The molecule has 0 aliphatic heterocycles. The summed E-state index contributed by atoms with van der Waals surface area (Å²) >= 11 is 3.25. The number of rotatable bonds is 4. The van der Waals surface area contributed by atoms with Gasteiger partial charge in [0.05, 0.1) is 0 Å². The minimum absolute atomic E-state index is 0.384. The topological polar surface area (TPSA) is 80.9 Å². The first-order chi connectivity index (χ1) is 7.02. The van der Waals surface area contributed by atoms with Gasteiger partial charge < -0.3 is 11.1 Å². The van der Waals surface area contributed by atoms with E-state index in [-0.39, 0.29) is 5.91 Å². The number of aromatic nitrogens is 2. The summed E-state index contributed by atoms with van der Waals surface area (Å²) in [6.07, 6.45) is 0.621. The van der Waals surface area contributed by atoms with E-state index >= 15 is 0 Å². The maximum Gasteiger partial charge on any atom is 0.239 e. The fraction of sp³-hybridized carbons (Fsp3) is 0.444. The largest absolute Gasteiger partial charge is 0.368 e. The normalized spacial score (nSPS) is 12.2. The Morgan fingerprint density at radius 3 is 2.80 bits per heavy atom. The summed E-state index contributed by atoms with van der Waals surface area (Å²) in [7, 11) is 0. The molecule has 1 rings (SSSR count). The number of amides is 1. The molecule has 0 radical (unpaired) electrons. The Balaban J connectivity index is 2.83. The van der Waals surface area contributed by atoms with E-state index in [1.807, 2.05) is 6.92 Å². The number of hydrogen-bond donors (Lipinski definition) is 2. The first-order valence-corrected chi connectivity index (χ1v) is 5.39. The van der Waals surface area contributed by atoms with E-state index in [1.54, 1.807) is 13.0 Å². The van der Waals surface area contributed by atoms with Gasteiger partial charge in [-0.3, -0.25) is 4.79 Å². The zero-order valence-corrected chi connectivity index (χ0v) is 10.2. The monoisotopic (exact) mass is 272 g/mol. The lowest BCUT2D eigenvalue weighted by Gasteiger charge is -2.13. The van der Waals surface area contributed by atoms with Crippen molar-refractivity contribution in [2.45, 2.75) is 26.3 Å². The molecule has 0 saturated heterocycles. The number of nitrogens with one attached hydrogen (secondary N) is 1. The Bertz CT molecular complexity index is 349. The van der Waals surface area contributed by atoms with Gasteiger partial charge in [0, 0.05) is 6.07 Å². The maximum atomic E-state index is 11.0. The Labute approximate surface area is 96.6 Å². The SMILES string of the molecule is CCC(Nc1cc(Br)nc(C)n1)C(N)=O. The molecule has 1 aromatic heterocycles. The van der Waals surface area contributed by atoms with E-state index in [0.29, 0.717) is 22.7 Å². The van der Waals surface area contributed by atoms with Crippen LogP contribution in [0.15, 0.2) is 10.7 Å². The van der Waals surface area contributed by atoms with E-state index in [4.69, 9.17) is 5.73 Å². The highest BCUT2D eigenvalue weighted by molar-refractivity contribution is 9.10. The van der Waals surface area contributed by atoms with Gasteiger partial charge in [0.1, 0.15) is 22.3 Å². The van der Waals surface area contributed by atoms with Crippen molar-refractivity contribution in [3.05, 3.63) is 16.5 Å². The van der Waals surface area contributed by atoms with Crippen molar-refractivity contribution >= 4 is 27.7 Å². The minimum atomic E-state index is -0.397. The molecule has 5 nitrogen and oxygen atoms in total. The van der Waals surface area contributed by atoms with E-state index in [2.05, 4.69) is 31.2 Å². The molecule has 1 amide bonds. The fourth-order valence-electron chi connectivity index (χ4n) is 1.16. The first kappa shape index (κ1) is 11.9. The highest BCUT2D eigenvalue weighted by atomic mass is 79.9. The Morgan fingerprint density at radius 1 is 1.67 bits per heavy atom. The molecule has 6 heteroatoms. The third-order valence-electron chi connectivity index (χ3n) is 1.88. The first-order valence-electron chi connectivity index (χ1n) is 4.60. The van der Waals surface area contributed by atoms with Crippen LogP contribution in [0.25, 0.3) is 0 Å². The smallest absolute Gasteiger partial charge is 0.239 e. The van der Waals surface area contributed by atoms with Gasteiger partial charge in [0.25, 0.3) is 0 Å². The number of nitrogens with zero attached hydrogens (tertiary/aromatic N) is 2. The number of primary amides is 1. The Hall–Kier alpha value is -1.17. The van der Waals surface area contributed by atoms with Crippen LogP contribution in [0.2, 0.25) is 0 Å². The number of hydrogen-bond acceptors (Lipinski definition) is 4. The third kappa shape index (κ3) is 3.47. The summed E-state index contributed by atoms with van der Waals surface area (Å²) in [5.41, 5.74) is 5.21.